The molecule has 1 N–H and O–H groups in total. The minimum atomic E-state index is -0.331. The summed E-state index contributed by atoms with van der Waals surface area (Å²) in [5.74, 6) is -0.153. The van der Waals surface area contributed by atoms with Crippen LogP contribution in [0.2, 0.25) is 0 Å². The largest absolute Gasteiger partial charge is 0.336 e. The molecule has 1 aliphatic heterocycles. The van der Waals surface area contributed by atoms with E-state index in [2.05, 4.69) is 21.2 Å². The molecule has 1 fully saturated rings. The summed E-state index contributed by atoms with van der Waals surface area (Å²) in [6.45, 7) is 3.48. The first-order valence-corrected chi connectivity index (χ1v) is 7.32. The summed E-state index contributed by atoms with van der Waals surface area (Å²) in [6, 6.07) is 7.36. The summed E-state index contributed by atoms with van der Waals surface area (Å²) in [5, 5.41) is 2.64. The molecule has 6 heteroatoms. The molecule has 0 unspecified atom stereocenters. The van der Waals surface area contributed by atoms with E-state index < -0.39 is 0 Å². The predicted molar refractivity (Wildman–Crippen MR) is 80.2 cm³/mol. The predicted octanol–water partition coefficient (Wildman–Crippen LogP) is 1.82. The highest BCUT2D eigenvalue weighted by molar-refractivity contribution is 9.10. The number of carbonyl (C=O) groups is 2. The minimum absolute atomic E-state index is 0.153. The van der Waals surface area contributed by atoms with E-state index in [1.807, 2.05) is 43.1 Å². The van der Waals surface area contributed by atoms with Crippen molar-refractivity contribution in [1.82, 2.24) is 15.1 Å². The Morgan fingerprint density at radius 2 is 2.10 bits per heavy atom. The number of hydrogen-bond acceptors (Lipinski definition) is 3. The summed E-state index contributed by atoms with van der Waals surface area (Å²) in [5.41, 5.74) is 1.13. The highest BCUT2D eigenvalue weighted by Crippen LogP contribution is 2.14. The minimum Gasteiger partial charge on any atom is -0.336 e. The number of halogens is 1. The standard InChI is InChI=1S/C14H18BrN3O2/c1-10(13(19)18-8-7-16-14(18)20)17(2)9-11-3-5-12(15)6-4-11/h3-6,10H,7-9H2,1-2H3,(H,16,20)/t10-/m0/s1. The molecule has 0 bridgehead atoms. The fourth-order valence-corrected chi connectivity index (χ4v) is 2.38. The van der Waals surface area contributed by atoms with E-state index >= 15 is 0 Å². The van der Waals surface area contributed by atoms with Gasteiger partial charge in [-0.15, -0.1) is 0 Å². The molecule has 1 aromatic rings. The first-order chi connectivity index (χ1) is 9.49. The molecule has 20 heavy (non-hydrogen) atoms. The number of amides is 3. The average molecular weight is 340 g/mol. The number of carbonyl (C=O) groups excluding carboxylic acids is 2. The molecule has 5 nitrogen and oxygen atoms in total. The van der Waals surface area contributed by atoms with Crippen LogP contribution in [-0.2, 0) is 11.3 Å². The van der Waals surface area contributed by atoms with Gasteiger partial charge in [0.05, 0.1) is 6.04 Å². The highest BCUT2D eigenvalue weighted by atomic mass is 79.9. The van der Waals surface area contributed by atoms with Crippen LogP contribution in [0.5, 0.6) is 0 Å². The zero-order valence-electron chi connectivity index (χ0n) is 11.6. The van der Waals surface area contributed by atoms with E-state index in [-0.39, 0.29) is 18.0 Å². The number of nitrogens with zero attached hydrogens (tertiary/aromatic N) is 2. The smallest absolute Gasteiger partial charge is 0.324 e. The normalized spacial score (nSPS) is 16.4. The second kappa shape index (κ2) is 6.37. The van der Waals surface area contributed by atoms with Crippen molar-refractivity contribution in [3.05, 3.63) is 34.3 Å². The Morgan fingerprint density at radius 3 is 2.65 bits per heavy atom. The topological polar surface area (TPSA) is 52.7 Å². The van der Waals surface area contributed by atoms with E-state index in [4.69, 9.17) is 0 Å². The van der Waals surface area contributed by atoms with E-state index in [9.17, 15) is 9.59 Å². The van der Waals surface area contributed by atoms with Crippen molar-refractivity contribution >= 4 is 27.9 Å². The molecule has 1 heterocycles. The van der Waals surface area contributed by atoms with Crippen LogP contribution in [0.1, 0.15) is 12.5 Å². The van der Waals surface area contributed by atoms with Gasteiger partial charge in [-0.25, -0.2) is 4.79 Å². The molecule has 0 aliphatic carbocycles. The Morgan fingerprint density at radius 1 is 1.45 bits per heavy atom. The Labute approximate surface area is 127 Å². The molecule has 108 valence electrons. The molecular weight excluding hydrogens is 322 g/mol. The van der Waals surface area contributed by atoms with Crippen molar-refractivity contribution in [3.8, 4) is 0 Å². The van der Waals surface area contributed by atoms with Crippen LogP contribution in [0, 0.1) is 0 Å². The average Bonchev–Trinajstić information content (AvgIpc) is 2.86. The lowest BCUT2D eigenvalue weighted by Crippen LogP contribution is -2.46. The van der Waals surface area contributed by atoms with E-state index in [0.717, 1.165) is 10.0 Å². The first kappa shape index (κ1) is 15.0. The van der Waals surface area contributed by atoms with E-state index in [1.165, 1.54) is 4.90 Å². The number of nitrogens with one attached hydrogen (secondary N) is 1. The number of likely N-dealkylation sites (N-methyl/N-ethyl adjacent to an activating group) is 1. The van der Waals surface area contributed by atoms with Crippen LogP contribution in [0.3, 0.4) is 0 Å². The van der Waals surface area contributed by atoms with Gasteiger partial charge >= 0.3 is 6.03 Å². The first-order valence-electron chi connectivity index (χ1n) is 6.53. The van der Waals surface area contributed by atoms with Gasteiger partial charge in [0, 0.05) is 24.1 Å². The Kier molecular flexibility index (Phi) is 4.77. The van der Waals surface area contributed by atoms with Gasteiger partial charge in [-0.2, -0.15) is 0 Å². The van der Waals surface area contributed by atoms with Gasteiger partial charge < -0.3 is 5.32 Å². The summed E-state index contributed by atoms with van der Waals surface area (Å²) in [6.07, 6.45) is 0. The van der Waals surface area contributed by atoms with Crippen LogP contribution < -0.4 is 5.32 Å². The summed E-state index contributed by atoms with van der Waals surface area (Å²) in [7, 11) is 1.89. The van der Waals surface area contributed by atoms with Crippen molar-refractivity contribution in [1.29, 1.82) is 0 Å². The number of hydrogen-bond donors (Lipinski definition) is 1. The van der Waals surface area contributed by atoms with Gasteiger partial charge in [0.2, 0.25) is 5.91 Å². The van der Waals surface area contributed by atoms with Crippen LogP contribution >= 0.6 is 15.9 Å². The van der Waals surface area contributed by atoms with Gasteiger partial charge in [-0.3, -0.25) is 14.6 Å². The molecule has 0 radical (unpaired) electrons. The monoisotopic (exact) mass is 339 g/mol. The quantitative estimate of drug-likeness (QED) is 0.910. The van der Waals surface area contributed by atoms with Crippen LogP contribution in [-0.4, -0.2) is 47.9 Å². The van der Waals surface area contributed by atoms with Crippen molar-refractivity contribution in [2.45, 2.75) is 19.5 Å². The van der Waals surface area contributed by atoms with Crippen molar-refractivity contribution < 1.29 is 9.59 Å². The SMILES string of the molecule is C[C@@H](C(=O)N1CCNC1=O)N(C)Cc1ccc(Br)cc1. The van der Waals surface area contributed by atoms with Crippen LogP contribution in [0.4, 0.5) is 4.79 Å². The zero-order chi connectivity index (χ0) is 14.7. The fraction of sp³-hybridized carbons (Fsp3) is 0.429. The lowest BCUT2D eigenvalue weighted by Gasteiger charge is -2.26. The number of imide groups is 1. The molecular formula is C14H18BrN3O2. The second-order valence-electron chi connectivity index (χ2n) is 4.94. The van der Waals surface area contributed by atoms with Crippen LogP contribution in [0.25, 0.3) is 0 Å². The lowest BCUT2D eigenvalue weighted by atomic mass is 10.2. The van der Waals surface area contributed by atoms with E-state index in [0.29, 0.717) is 19.6 Å². The maximum Gasteiger partial charge on any atom is 0.324 e. The molecule has 0 spiro atoms. The summed E-state index contributed by atoms with van der Waals surface area (Å²) in [4.78, 5) is 27.0. The molecule has 1 aromatic carbocycles. The summed E-state index contributed by atoms with van der Waals surface area (Å²) < 4.78 is 1.03. The third kappa shape index (κ3) is 3.37. The number of benzene rings is 1. The third-order valence-corrected chi connectivity index (χ3v) is 4.02. The van der Waals surface area contributed by atoms with Gasteiger partial charge in [0.1, 0.15) is 0 Å². The lowest BCUT2D eigenvalue weighted by molar-refractivity contribution is -0.132. The van der Waals surface area contributed by atoms with Gasteiger partial charge in [0.15, 0.2) is 0 Å². The van der Waals surface area contributed by atoms with E-state index in [1.54, 1.807) is 0 Å². The number of urea groups is 1. The highest BCUT2D eigenvalue weighted by Gasteiger charge is 2.31. The van der Waals surface area contributed by atoms with Gasteiger partial charge in [-0.1, -0.05) is 28.1 Å². The molecule has 3 amide bonds. The Hall–Kier alpha value is -1.40. The van der Waals surface area contributed by atoms with Gasteiger partial charge in [0.25, 0.3) is 0 Å². The molecule has 1 aliphatic rings. The molecule has 1 saturated heterocycles. The summed E-state index contributed by atoms with van der Waals surface area (Å²) >= 11 is 3.40. The maximum absolute atomic E-state index is 12.3. The van der Waals surface area contributed by atoms with Crippen molar-refractivity contribution in [3.63, 3.8) is 0 Å². The molecule has 2 rings (SSSR count). The molecule has 0 aromatic heterocycles. The van der Waals surface area contributed by atoms with Crippen molar-refractivity contribution in [2.24, 2.45) is 0 Å². The zero-order valence-corrected chi connectivity index (χ0v) is 13.2. The Balaban J connectivity index is 1.97. The third-order valence-electron chi connectivity index (χ3n) is 3.49. The molecule has 1 atom stereocenters. The van der Waals surface area contributed by atoms with Crippen LogP contribution in [0.15, 0.2) is 28.7 Å². The molecule has 0 saturated carbocycles. The van der Waals surface area contributed by atoms with Crippen molar-refractivity contribution in [2.75, 3.05) is 20.1 Å². The Bertz CT molecular complexity index is 504. The number of rotatable bonds is 4. The second-order valence-corrected chi connectivity index (χ2v) is 5.86. The van der Waals surface area contributed by atoms with Gasteiger partial charge in [-0.05, 0) is 31.7 Å². The fourth-order valence-electron chi connectivity index (χ4n) is 2.11. The maximum atomic E-state index is 12.3.